The lowest BCUT2D eigenvalue weighted by molar-refractivity contribution is 0.0522. The van der Waals surface area contributed by atoms with Gasteiger partial charge in [-0.2, -0.15) is 5.26 Å². The molecular formula is C11H10ClNO3. The Balaban J connectivity index is 3.26. The minimum Gasteiger partial charge on any atom is -0.496 e. The first-order valence-corrected chi connectivity index (χ1v) is 4.96. The number of hydrogen-bond acceptors (Lipinski definition) is 4. The van der Waals surface area contributed by atoms with Gasteiger partial charge in [0, 0.05) is 6.07 Å². The molecule has 0 radical (unpaired) electrons. The molecule has 0 bridgehead atoms. The first kappa shape index (κ1) is 12.3. The van der Waals surface area contributed by atoms with Gasteiger partial charge in [0.2, 0.25) is 0 Å². The monoisotopic (exact) mass is 239 g/mol. The summed E-state index contributed by atoms with van der Waals surface area (Å²) in [5.41, 5.74) is 0.413. The average Bonchev–Trinajstić information content (AvgIpc) is 2.28. The highest BCUT2D eigenvalue weighted by atomic mass is 35.5. The van der Waals surface area contributed by atoms with E-state index in [1.54, 1.807) is 6.92 Å². The highest BCUT2D eigenvalue weighted by Crippen LogP contribution is 2.27. The van der Waals surface area contributed by atoms with Gasteiger partial charge in [-0.05, 0) is 13.0 Å². The number of nitriles is 1. The number of benzene rings is 1. The van der Waals surface area contributed by atoms with Crippen LogP contribution in [0.1, 0.15) is 22.8 Å². The van der Waals surface area contributed by atoms with Gasteiger partial charge >= 0.3 is 5.97 Å². The van der Waals surface area contributed by atoms with E-state index in [9.17, 15) is 4.79 Å². The summed E-state index contributed by atoms with van der Waals surface area (Å²) >= 11 is 5.81. The zero-order valence-corrected chi connectivity index (χ0v) is 9.67. The van der Waals surface area contributed by atoms with Crippen LogP contribution in [-0.4, -0.2) is 19.7 Å². The zero-order chi connectivity index (χ0) is 12.1. The Labute approximate surface area is 98.3 Å². The maximum absolute atomic E-state index is 11.5. The van der Waals surface area contributed by atoms with Crippen molar-refractivity contribution in [2.24, 2.45) is 0 Å². The van der Waals surface area contributed by atoms with Crippen molar-refractivity contribution in [1.82, 2.24) is 0 Å². The Bertz CT molecular complexity index is 451. The number of ether oxygens (including phenoxy) is 2. The number of esters is 1. The number of nitrogens with zero attached hydrogens (tertiary/aromatic N) is 1. The molecule has 4 nitrogen and oxygen atoms in total. The fraction of sp³-hybridized carbons (Fsp3) is 0.273. The van der Waals surface area contributed by atoms with Crippen LogP contribution in [0.25, 0.3) is 0 Å². The number of rotatable bonds is 3. The minimum atomic E-state index is -0.535. The van der Waals surface area contributed by atoms with E-state index in [4.69, 9.17) is 26.3 Å². The highest BCUT2D eigenvalue weighted by molar-refractivity contribution is 6.32. The number of methoxy groups -OCH3 is 1. The summed E-state index contributed by atoms with van der Waals surface area (Å²) in [6, 6.07) is 4.67. The molecule has 0 aliphatic carbocycles. The van der Waals surface area contributed by atoms with Gasteiger partial charge in [-0.1, -0.05) is 11.6 Å². The zero-order valence-electron chi connectivity index (χ0n) is 8.91. The van der Waals surface area contributed by atoms with Crippen LogP contribution in [-0.2, 0) is 4.74 Å². The summed E-state index contributed by atoms with van der Waals surface area (Å²) in [6.45, 7) is 1.96. The molecule has 1 aromatic carbocycles. The van der Waals surface area contributed by atoms with E-state index < -0.39 is 5.97 Å². The first-order valence-electron chi connectivity index (χ1n) is 4.58. The van der Waals surface area contributed by atoms with E-state index in [0.717, 1.165) is 0 Å². The Hall–Kier alpha value is -1.73. The number of hydrogen-bond donors (Lipinski definition) is 0. The lowest BCUT2D eigenvalue weighted by atomic mass is 10.1. The third-order valence-electron chi connectivity index (χ3n) is 1.90. The molecule has 0 amide bonds. The maximum Gasteiger partial charge on any atom is 0.341 e. The van der Waals surface area contributed by atoms with Crippen LogP contribution in [0.15, 0.2) is 12.1 Å². The number of carbonyl (C=O) groups is 1. The fourth-order valence-electron chi connectivity index (χ4n) is 1.18. The topological polar surface area (TPSA) is 59.3 Å². The van der Waals surface area contributed by atoms with Crippen LogP contribution in [0.4, 0.5) is 0 Å². The Kier molecular flexibility index (Phi) is 4.15. The minimum absolute atomic E-state index is 0.199. The van der Waals surface area contributed by atoms with Crippen LogP contribution in [0.3, 0.4) is 0 Å². The van der Waals surface area contributed by atoms with E-state index in [1.165, 1.54) is 19.2 Å². The molecule has 0 N–H and O–H groups in total. The van der Waals surface area contributed by atoms with Gasteiger partial charge in [-0.15, -0.1) is 0 Å². The van der Waals surface area contributed by atoms with Crippen LogP contribution in [0.5, 0.6) is 5.75 Å². The molecule has 0 aromatic heterocycles. The third kappa shape index (κ3) is 2.44. The van der Waals surface area contributed by atoms with Crippen molar-refractivity contribution < 1.29 is 14.3 Å². The molecule has 0 spiro atoms. The van der Waals surface area contributed by atoms with Crippen molar-refractivity contribution in [2.45, 2.75) is 6.92 Å². The molecule has 84 valence electrons. The van der Waals surface area contributed by atoms with Gasteiger partial charge in [0.15, 0.2) is 0 Å². The normalized spacial score (nSPS) is 9.38. The van der Waals surface area contributed by atoms with Crippen LogP contribution < -0.4 is 4.74 Å². The second-order valence-corrected chi connectivity index (χ2v) is 3.27. The van der Waals surface area contributed by atoms with Crippen molar-refractivity contribution in [1.29, 1.82) is 5.26 Å². The van der Waals surface area contributed by atoms with Gasteiger partial charge in [0.05, 0.1) is 24.3 Å². The maximum atomic E-state index is 11.5. The van der Waals surface area contributed by atoms with Gasteiger partial charge in [0.25, 0.3) is 0 Å². The molecule has 1 aromatic rings. The van der Waals surface area contributed by atoms with Crippen LogP contribution >= 0.6 is 11.6 Å². The Morgan fingerprint density at radius 2 is 2.25 bits per heavy atom. The van der Waals surface area contributed by atoms with Crippen molar-refractivity contribution in [3.8, 4) is 11.8 Å². The number of halogens is 1. The van der Waals surface area contributed by atoms with Crippen molar-refractivity contribution in [3.05, 3.63) is 28.3 Å². The van der Waals surface area contributed by atoms with Gasteiger partial charge in [0.1, 0.15) is 17.4 Å². The molecule has 0 aliphatic heterocycles. The van der Waals surface area contributed by atoms with E-state index in [1.807, 2.05) is 6.07 Å². The highest BCUT2D eigenvalue weighted by Gasteiger charge is 2.16. The number of carbonyl (C=O) groups excluding carboxylic acids is 1. The Morgan fingerprint density at radius 3 is 2.75 bits per heavy atom. The molecule has 0 saturated carbocycles. The van der Waals surface area contributed by atoms with Crippen molar-refractivity contribution in [3.63, 3.8) is 0 Å². The standard InChI is InChI=1S/C11H10ClNO3/c1-3-16-11(14)8-4-7(6-13)9(12)5-10(8)15-2/h4-5H,3H2,1-2H3. The van der Waals surface area contributed by atoms with Gasteiger partial charge < -0.3 is 9.47 Å². The smallest absolute Gasteiger partial charge is 0.341 e. The van der Waals surface area contributed by atoms with Crippen LogP contribution in [0, 0.1) is 11.3 Å². The van der Waals surface area contributed by atoms with E-state index in [-0.39, 0.29) is 22.8 Å². The molecule has 0 aliphatic rings. The molecule has 5 heteroatoms. The lowest BCUT2D eigenvalue weighted by Crippen LogP contribution is -2.07. The largest absolute Gasteiger partial charge is 0.496 e. The fourth-order valence-corrected chi connectivity index (χ4v) is 1.37. The second kappa shape index (κ2) is 5.38. The second-order valence-electron chi connectivity index (χ2n) is 2.86. The van der Waals surface area contributed by atoms with E-state index >= 15 is 0 Å². The quantitative estimate of drug-likeness (QED) is 0.760. The van der Waals surface area contributed by atoms with Gasteiger partial charge in [-0.25, -0.2) is 4.79 Å². The van der Waals surface area contributed by atoms with Crippen molar-refractivity contribution >= 4 is 17.6 Å². The predicted molar refractivity (Wildman–Crippen MR) is 58.7 cm³/mol. The van der Waals surface area contributed by atoms with Crippen LogP contribution in [0.2, 0.25) is 5.02 Å². The summed E-state index contributed by atoms with van der Waals surface area (Å²) in [5.74, 6) is -0.241. The average molecular weight is 240 g/mol. The van der Waals surface area contributed by atoms with E-state index in [0.29, 0.717) is 5.75 Å². The third-order valence-corrected chi connectivity index (χ3v) is 2.22. The molecule has 0 unspecified atom stereocenters. The van der Waals surface area contributed by atoms with Crippen molar-refractivity contribution in [2.75, 3.05) is 13.7 Å². The molecule has 0 atom stereocenters. The molecule has 0 saturated heterocycles. The summed E-state index contributed by atoms with van der Waals surface area (Å²) in [6.07, 6.45) is 0. The summed E-state index contributed by atoms with van der Waals surface area (Å²) in [4.78, 5) is 11.5. The predicted octanol–water partition coefficient (Wildman–Crippen LogP) is 2.40. The SMILES string of the molecule is CCOC(=O)c1cc(C#N)c(Cl)cc1OC. The van der Waals surface area contributed by atoms with E-state index in [2.05, 4.69) is 0 Å². The molecule has 1 rings (SSSR count). The lowest BCUT2D eigenvalue weighted by Gasteiger charge is -2.08. The summed E-state index contributed by atoms with van der Waals surface area (Å²) in [7, 11) is 1.42. The van der Waals surface area contributed by atoms with Gasteiger partial charge in [-0.3, -0.25) is 0 Å². The first-order chi connectivity index (χ1) is 7.63. The molecule has 0 fully saturated rings. The summed E-state index contributed by atoms with van der Waals surface area (Å²) < 4.78 is 9.84. The molecule has 0 heterocycles. The summed E-state index contributed by atoms with van der Waals surface area (Å²) in [5, 5.41) is 9.03. The molecular weight excluding hydrogens is 230 g/mol. The Morgan fingerprint density at radius 1 is 1.56 bits per heavy atom. The molecule has 16 heavy (non-hydrogen) atoms.